The number of benzene rings is 1. The van der Waals surface area contributed by atoms with E-state index in [0.29, 0.717) is 5.92 Å². The Morgan fingerprint density at radius 1 is 1.20 bits per heavy atom. The maximum Gasteiger partial charge on any atom is 0.223 e. The number of hydrogen-bond donors (Lipinski definition) is 1. The van der Waals surface area contributed by atoms with Crippen molar-refractivity contribution in [2.45, 2.75) is 65.8 Å². The fourth-order valence-corrected chi connectivity index (χ4v) is 3.64. The van der Waals surface area contributed by atoms with Crippen molar-refractivity contribution in [3.8, 4) is 0 Å². The van der Waals surface area contributed by atoms with E-state index in [-0.39, 0.29) is 11.8 Å². The van der Waals surface area contributed by atoms with E-state index >= 15 is 0 Å². The van der Waals surface area contributed by atoms with Crippen LogP contribution in [-0.4, -0.2) is 30.4 Å². The van der Waals surface area contributed by atoms with E-state index in [1.54, 1.807) is 0 Å². The standard InChI is InChI=1S/C22H36N2O/c1-4-6-7-19(5-2)16-23-22(25)21-12-14-24(15-13-21)17-20-10-8-18(3)9-11-20/h8-11,19,21H,4-7,12-17H2,1-3H3,(H,23,25)/t19-/m1/s1. The number of nitrogens with one attached hydrogen (secondary N) is 1. The normalized spacial score (nSPS) is 17.4. The molecule has 0 bridgehead atoms. The van der Waals surface area contributed by atoms with Crippen molar-refractivity contribution in [2.75, 3.05) is 19.6 Å². The van der Waals surface area contributed by atoms with Gasteiger partial charge in [0, 0.05) is 19.0 Å². The summed E-state index contributed by atoms with van der Waals surface area (Å²) in [7, 11) is 0. The van der Waals surface area contributed by atoms with Crippen molar-refractivity contribution in [2.24, 2.45) is 11.8 Å². The van der Waals surface area contributed by atoms with E-state index in [9.17, 15) is 4.79 Å². The third kappa shape index (κ3) is 6.81. The second-order valence-corrected chi connectivity index (χ2v) is 7.70. The van der Waals surface area contributed by atoms with E-state index in [4.69, 9.17) is 0 Å². The number of hydrogen-bond acceptors (Lipinski definition) is 2. The number of amides is 1. The Morgan fingerprint density at radius 3 is 2.48 bits per heavy atom. The maximum atomic E-state index is 12.5. The quantitative estimate of drug-likeness (QED) is 0.713. The molecule has 25 heavy (non-hydrogen) atoms. The van der Waals surface area contributed by atoms with E-state index in [1.807, 2.05) is 0 Å². The van der Waals surface area contributed by atoms with E-state index in [2.05, 4.69) is 55.3 Å². The molecule has 1 atom stereocenters. The molecule has 1 aromatic rings. The lowest BCUT2D eigenvalue weighted by molar-refractivity contribution is -0.126. The van der Waals surface area contributed by atoms with Crippen molar-refractivity contribution < 1.29 is 4.79 Å². The highest BCUT2D eigenvalue weighted by atomic mass is 16.1. The first-order chi connectivity index (χ1) is 12.1. The number of rotatable bonds is 9. The van der Waals surface area contributed by atoms with Gasteiger partial charge in [0.05, 0.1) is 0 Å². The first-order valence-electron chi connectivity index (χ1n) is 10.2. The molecule has 0 aromatic heterocycles. The Labute approximate surface area is 154 Å². The van der Waals surface area contributed by atoms with Gasteiger partial charge in [-0.2, -0.15) is 0 Å². The summed E-state index contributed by atoms with van der Waals surface area (Å²) in [6, 6.07) is 8.79. The van der Waals surface area contributed by atoms with Crippen LogP contribution in [0.2, 0.25) is 0 Å². The summed E-state index contributed by atoms with van der Waals surface area (Å²) in [5.74, 6) is 1.13. The molecule has 1 saturated heterocycles. The van der Waals surface area contributed by atoms with E-state index in [0.717, 1.165) is 45.4 Å². The minimum atomic E-state index is 0.206. The summed E-state index contributed by atoms with van der Waals surface area (Å²) in [5, 5.41) is 3.23. The van der Waals surface area contributed by atoms with Gasteiger partial charge in [0.25, 0.3) is 0 Å². The van der Waals surface area contributed by atoms with Crippen LogP contribution in [0.3, 0.4) is 0 Å². The zero-order valence-corrected chi connectivity index (χ0v) is 16.4. The first-order valence-corrected chi connectivity index (χ1v) is 10.2. The van der Waals surface area contributed by atoms with Crippen LogP contribution in [0.4, 0.5) is 0 Å². The molecule has 1 amide bonds. The van der Waals surface area contributed by atoms with Gasteiger partial charge >= 0.3 is 0 Å². The topological polar surface area (TPSA) is 32.3 Å². The molecular formula is C22H36N2O. The van der Waals surface area contributed by atoms with Gasteiger partial charge in [-0.1, -0.05) is 62.9 Å². The SMILES string of the molecule is CCCC[C@@H](CC)CNC(=O)C1CCN(Cc2ccc(C)cc2)CC1. The lowest BCUT2D eigenvalue weighted by Crippen LogP contribution is -2.41. The van der Waals surface area contributed by atoms with Gasteiger partial charge < -0.3 is 5.32 Å². The number of nitrogens with zero attached hydrogens (tertiary/aromatic N) is 1. The Bertz CT molecular complexity index is 503. The summed E-state index contributed by atoms with van der Waals surface area (Å²) >= 11 is 0. The summed E-state index contributed by atoms with van der Waals surface area (Å²) in [5.41, 5.74) is 2.68. The summed E-state index contributed by atoms with van der Waals surface area (Å²) in [6.45, 7) is 10.5. The third-order valence-corrected chi connectivity index (χ3v) is 5.59. The molecule has 1 aromatic carbocycles. The van der Waals surface area contributed by atoms with Crippen LogP contribution in [0.1, 0.15) is 63.5 Å². The minimum Gasteiger partial charge on any atom is -0.356 e. The lowest BCUT2D eigenvalue weighted by Gasteiger charge is -2.31. The zero-order chi connectivity index (χ0) is 18.1. The maximum absolute atomic E-state index is 12.5. The molecule has 1 N–H and O–H groups in total. The second kappa shape index (κ2) is 10.6. The minimum absolute atomic E-state index is 0.206. The van der Waals surface area contributed by atoms with Gasteiger partial charge in [0.2, 0.25) is 5.91 Å². The monoisotopic (exact) mass is 344 g/mol. The summed E-state index contributed by atoms with van der Waals surface area (Å²) < 4.78 is 0. The van der Waals surface area contributed by atoms with Crippen LogP contribution < -0.4 is 5.32 Å². The highest BCUT2D eigenvalue weighted by Gasteiger charge is 2.25. The number of piperidine rings is 1. The van der Waals surface area contributed by atoms with Gasteiger partial charge in [-0.05, 0) is 50.8 Å². The number of unbranched alkanes of at least 4 members (excludes halogenated alkanes) is 1. The molecule has 1 fully saturated rings. The Kier molecular flexibility index (Phi) is 8.47. The molecule has 0 spiro atoms. The number of carbonyl (C=O) groups excluding carboxylic acids is 1. The number of likely N-dealkylation sites (tertiary alicyclic amines) is 1. The Morgan fingerprint density at radius 2 is 1.88 bits per heavy atom. The van der Waals surface area contributed by atoms with Crippen molar-refractivity contribution in [3.05, 3.63) is 35.4 Å². The number of carbonyl (C=O) groups is 1. The molecule has 2 rings (SSSR count). The molecule has 140 valence electrons. The van der Waals surface area contributed by atoms with Crippen LogP contribution in [-0.2, 0) is 11.3 Å². The lowest BCUT2D eigenvalue weighted by atomic mass is 9.94. The molecule has 0 aliphatic carbocycles. The molecule has 0 unspecified atom stereocenters. The van der Waals surface area contributed by atoms with Crippen LogP contribution in [0, 0.1) is 18.8 Å². The molecule has 0 saturated carbocycles. The largest absolute Gasteiger partial charge is 0.356 e. The third-order valence-electron chi connectivity index (χ3n) is 5.59. The zero-order valence-electron chi connectivity index (χ0n) is 16.4. The first kappa shape index (κ1) is 20.0. The van der Waals surface area contributed by atoms with Gasteiger partial charge in [0.1, 0.15) is 0 Å². The second-order valence-electron chi connectivity index (χ2n) is 7.70. The van der Waals surface area contributed by atoms with Crippen molar-refractivity contribution >= 4 is 5.91 Å². The fourth-order valence-electron chi connectivity index (χ4n) is 3.64. The summed E-state index contributed by atoms with van der Waals surface area (Å²) in [6.07, 6.45) is 6.89. The van der Waals surface area contributed by atoms with Gasteiger partial charge in [-0.15, -0.1) is 0 Å². The van der Waals surface area contributed by atoms with Gasteiger partial charge in [-0.3, -0.25) is 9.69 Å². The number of aryl methyl sites for hydroxylation is 1. The molecule has 1 aliphatic heterocycles. The predicted molar refractivity (Wildman–Crippen MR) is 105 cm³/mol. The van der Waals surface area contributed by atoms with Gasteiger partial charge in [-0.25, -0.2) is 0 Å². The van der Waals surface area contributed by atoms with Gasteiger partial charge in [0.15, 0.2) is 0 Å². The Balaban J connectivity index is 1.69. The average Bonchev–Trinajstić information content (AvgIpc) is 2.64. The van der Waals surface area contributed by atoms with Crippen molar-refractivity contribution in [1.29, 1.82) is 0 Å². The van der Waals surface area contributed by atoms with Crippen molar-refractivity contribution in [1.82, 2.24) is 10.2 Å². The molecule has 1 heterocycles. The Hall–Kier alpha value is -1.35. The molecule has 3 nitrogen and oxygen atoms in total. The average molecular weight is 345 g/mol. The summed E-state index contributed by atoms with van der Waals surface area (Å²) in [4.78, 5) is 14.9. The predicted octanol–water partition coefficient (Wildman–Crippen LogP) is 4.54. The van der Waals surface area contributed by atoms with Crippen LogP contribution in [0.25, 0.3) is 0 Å². The highest BCUT2D eigenvalue weighted by Crippen LogP contribution is 2.20. The molecule has 0 radical (unpaired) electrons. The highest BCUT2D eigenvalue weighted by molar-refractivity contribution is 5.78. The van der Waals surface area contributed by atoms with E-state index < -0.39 is 0 Å². The smallest absolute Gasteiger partial charge is 0.223 e. The van der Waals surface area contributed by atoms with Crippen LogP contribution >= 0.6 is 0 Å². The molecular weight excluding hydrogens is 308 g/mol. The van der Waals surface area contributed by atoms with Crippen LogP contribution in [0.5, 0.6) is 0 Å². The molecule has 1 aliphatic rings. The van der Waals surface area contributed by atoms with Crippen molar-refractivity contribution in [3.63, 3.8) is 0 Å². The van der Waals surface area contributed by atoms with E-state index in [1.165, 1.54) is 30.4 Å². The molecule has 3 heteroatoms. The fraction of sp³-hybridized carbons (Fsp3) is 0.682. The van der Waals surface area contributed by atoms with Crippen LogP contribution in [0.15, 0.2) is 24.3 Å².